The second kappa shape index (κ2) is 7.25. The maximum absolute atomic E-state index is 10.3. The van der Waals surface area contributed by atoms with Gasteiger partial charge in [-0.1, -0.05) is 0 Å². The Labute approximate surface area is 79.9 Å². The number of aliphatic hydroxyl groups is 1. The van der Waals surface area contributed by atoms with Crippen molar-refractivity contribution in [2.45, 2.75) is 6.10 Å². The molecule has 0 radical (unpaired) electrons. The SMILES string of the molecule is O=C(O)C(OCCOCCO)C(=O)O. The Kier molecular flexibility index (Phi) is 6.63. The molecule has 14 heavy (non-hydrogen) atoms. The summed E-state index contributed by atoms with van der Waals surface area (Å²) in [6, 6.07) is 0. The molecule has 0 amide bonds. The third kappa shape index (κ3) is 5.46. The first-order chi connectivity index (χ1) is 6.59. The van der Waals surface area contributed by atoms with Crippen LogP contribution in [0.4, 0.5) is 0 Å². The summed E-state index contributed by atoms with van der Waals surface area (Å²) in [6.45, 7) is -0.156. The molecule has 0 aliphatic heterocycles. The van der Waals surface area contributed by atoms with Crippen LogP contribution in [0.1, 0.15) is 0 Å². The molecule has 0 atom stereocenters. The Bertz CT molecular complexity index is 176. The quantitative estimate of drug-likeness (QED) is 0.330. The van der Waals surface area contributed by atoms with Crippen LogP contribution in [0, 0.1) is 0 Å². The van der Waals surface area contributed by atoms with Crippen molar-refractivity contribution < 1.29 is 34.4 Å². The van der Waals surface area contributed by atoms with Gasteiger partial charge in [0.2, 0.25) is 0 Å². The maximum Gasteiger partial charge on any atom is 0.344 e. The predicted molar refractivity (Wildman–Crippen MR) is 42.9 cm³/mol. The molecule has 3 N–H and O–H groups in total. The van der Waals surface area contributed by atoms with Gasteiger partial charge in [-0.25, -0.2) is 9.59 Å². The Hall–Kier alpha value is -1.18. The van der Waals surface area contributed by atoms with Crippen molar-refractivity contribution in [3.05, 3.63) is 0 Å². The smallest absolute Gasteiger partial charge is 0.344 e. The van der Waals surface area contributed by atoms with Crippen LogP contribution in [0.15, 0.2) is 0 Å². The monoisotopic (exact) mass is 208 g/mol. The lowest BCUT2D eigenvalue weighted by Crippen LogP contribution is -2.33. The van der Waals surface area contributed by atoms with Crippen LogP contribution in [0.3, 0.4) is 0 Å². The standard InChI is InChI=1S/C7H12O7/c8-1-2-13-3-4-14-5(6(9)10)7(11)12/h5,8H,1-4H2,(H,9,10)(H,11,12). The fraction of sp³-hybridized carbons (Fsp3) is 0.714. The van der Waals surface area contributed by atoms with E-state index in [1.807, 2.05) is 0 Å². The Balaban J connectivity index is 3.62. The van der Waals surface area contributed by atoms with E-state index >= 15 is 0 Å². The topological polar surface area (TPSA) is 113 Å². The van der Waals surface area contributed by atoms with E-state index in [0.717, 1.165) is 0 Å². The molecular formula is C7H12O7. The first-order valence-corrected chi connectivity index (χ1v) is 3.85. The van der Waals surface area contributed by atoms with E-state index in [-0.39, 0.29) is 26.4 Å². The van der Waals surface area contributed by atoms with Gasteiger partial charge in [0.05, 0.1) is 26.4 Å². The van der Waals surface area contributed by atoms with Gasteiger partial charge in [-0.2, -0.15) is 0 Å². The minimum absolute atomic E-state index is 0.0393. The van der Waals surface area contributed by atoms with Gasteiger partial charge < -0.3 is 24.8 Å². The van der Waals surface area contributed by atoms with Crippen LogP contribution in [-0.4, -0.2) is 59.8 Å². The van der Waals surface area contributed by atoms with Crippen LogP contribution in [0.2, 0.25) is 0 Å². The average molecular weight is 208 g/mol. The van der Waals surface area contributed by atoms with E-state index in [1.165, 1.54) is 0 Å². The highest BCUT2D eigenvalue weighted by Crippen LogP contribution is 1.92. The minimum atomic E-state index is -1.87. The van der Waals surface area contributed by atoms with E-state index in [0.29, 0.717) is 0 Å². The largest absolute Gasteiger partial charge is 0.479 e. The molecule has 0 aromatic rings. The number of aliphatic carboxylic acids is 2. The molecule has 0 spiro atoms. The van der Waals surface area contributed by atoms with Gasteiger partial charge >= 0.3 is 11.9 Å². The molecule has 0 aliphatic carbocycles. The summed E-state index contributed by atoms with van der Waals surface area (Å²) >= 11 is 0. The highest BCUT2D eigenvalue weighted by molar-refractivity contribution is 5.95. The van der Waals surface area contributed by atoms with Gasteiger partial charge in [-0.3, -0.25) is 0 Å². The Morgan fingerprint density at radius 1 is 1.07 bits per heavy atom. The lowest BCUT2D eigenvalue weighted by molar-refractivity contribution is -0.166. The van der Waals surface area contributed by atoms with Gasteiger partial charge in [0, 0.05) is 0 Å². The van der Waals surface area contributed by atoms with Crippen molar-refractivity contribution in [3.63, 3.8) is 0 Å². The zero-order valence-electron chi connectivity index (χ0n) is 7.38. The second-order valence-electron chi connectivity index (χ2n) is 2.26. The maximum atomic E-state index is 10.3. The third-order valence-corrected chi connectivity index (χ3v) is 1.20. The fourth-order valence-electron chi connectivity index (χ4n) is 0.640. The van der Waals surface area contributed by atoms with E-state index in [4.69, 9.17) is 20.1 Å². The van der Waals surface area contributed by atoms with Gasteiger partial charge in [-0.05, 0) is 0 Å². The number of hydrogen-bond donors (Lipinski definition) is 3. The first kappa shape index (κ1) is 12.8. The van der Waals surface area contributed by atoms with Gasteiger partial charge in [-0.15, -0.1) is 0 Å². The molecule has 0 rings (SSSR count). The van der Waals surface area contributed by atoms with Crippen molar-refractivity contribution in [3.8, 4) is 0 Å². The summed E-state index contributed by atoms with van der Waals surface area (Å²) in [6.07, 6.45) is -1.87. The number of aliphatic hydroxyl groups excluding tert-OH is 1. The van der Waals surface area contributed by atoms with E-state index in [1.54, 1.807) is 0 Å². The number of ether oxygens (including phenoxy) is 2. The van der Waals surface area contributed by atoms with Crippen molar-refractivity contribution in [2.24, 2.45) is 0 Å². The van der Waals surface area contributed by atoms with Crippen molar-refractivity contribution in [1.82, 2.24) is 0 Å². The molecular weight excluding hydrogens is 196 g/mol. The lowest BCUT2D eigenvalue weighted by atomic mass is 10.4. The van der Waals surface area contributed by atoms with E-state index in [2.05, 4.69) is 4.74 Å². The number of carboxylic acids is 2. The molecule has 0 aromatic carbocycles. The Morgan fingerprint density at radius 3 is 2.07 bits per heavy atom. The zero-order chi connectivity index (χ0) is 11.0. The summed E-state index contributed by atoms with van der Waals surface area (Å²) in [4.78, 5) is 20.5. The summed E-state index contributed by atoms with van der Waals surface area (Å²) in [5.74, 6) is -3.11. The third-order valence-electron chi connectivity index (χ3n) is 1.20. The molecule has 0 aromatic heterocycles. The summed E-state index contributed by atoms with van der Waals surface area (Å²) in [5.41, 5.74) is 0. The fourth-order valence-corrected chi connectivity index (χ4v) is 0.640. The number of rotatable bonds is 8. The molecule has 0 aliphatic rings. The van der Waals surface area contributed by atoms with Crippen LogP contribution in [0.5, 0.6) is 0 Å². The summed E-state index contributed by atoms with van der Waals surface area (Å²) in [5, 5.41) is 25.0. The van der Waals surface area contributed by atoms with Crippen molar-refractivity contribution >= 4 is 11.9 Å². The van der Waals surface area contributed by atoms with Crippen molar-refractivity contribution in [1.29, 1.82) is 0 Å². The number of carboxylic acid groups (broad SMARTS) is 2. The summed E-state index contributed by atoms with van der Waals surface area (Å²) < 4.78 is 9.24. The second-order valence-corrected chi connectivity index (χ2v) is 2.26. The molecule has 7 heteroatoms. The number of carbonyl (C=O) groups is 2. The molecule has 7 nitrogen and oxygen atoms in total. The molecule has 0 unspecified atom stereocenters. The summed E-state index contributed by atoms with van der Waals surface area (Å²) in [7, 11) is 0. The highest BCUT2D eigenvalue weighted by atomic mass is 16.6. The van der Waals surface area contributed by atoms with Crippen LogP contribution >= 0.6 is 0 Å². The molecule has 0 fully saturated rings. The first-order valence-electron chi connectivity index (χ1n) is 3.85. The predicted octanol–water partition coefficient (Wildman–Crippen LogP) is -1.45. The molecule has 82 valence electrons. The van der Waals surface area contributed by atoms with Gasteiger partial charge in [0.25, 0.3) is 6.10 Å². The normalized spacial score (nSPS) is 10.4. The number of hydrogen-bond acceptors (Lipinski definition) is 5. The zero-order valence-corrected chi connectivity index (χ0v) is 7.38. The molecule has 0 heterocycles. The Morgan fingerprint density at radius 2 is 1.64 bits per heavy atom. The van der Waals surface area contributed by atoms with Crippen LogP contribution in [-0.2, 0) is 19.1 Å². The molecule has 0 saturated carbocycles. The van der Waals surface area contributed by atoms with Gasteiger partial charge in [0.15, 0.2) is 0 Å². The highest BCUT2D eigenvalue weighted by Gasteiger charge is 2.26. The van der Waals surface area contributed by atoms with E-state index in [9.17, 15) is 9.59 Å². The van der Waals surface area contributed by atoms with Crippen LogP contribution in [0.25, 0.3) is 0 Å². The minimum Gasteiger partial charge on any atom is -0.479 e. The van der Waals surface area contributed by atoms with Crippen LogP contribution < -0.4 is 0 Å². The molecule has 0 bridgehead atoms. The van der Waals surface area contributed by atoms with E-state index < -0.39 is 18.0 Å². The lowest BCUT2D eigenvalue weighted by Gasteiger charge is -2.08. The molecule has 0 saturated heterocycles. The van der Waals surface area contributed by atoms with Gasteiger partial charge in [0.1, 0.15) is 0 Å². The average Bonchev–Trinajstić information content (AvgIpc) is 2.09. The van der Waals surface area contributed by atoms with Crippen molar-refractivity contribution in [2.75, 3.05) is 26.4 Å².